The fourth-order valence-corrected chi connectivity index (χ4v) is 4.07. The fourth-order valence-electron chi connectivity index (χ4n) is 4.07. The minimum atomic E-state index is -0.0916. The summed E-state index contributed by atoms with van der Waals surface area (Å²) in [5, 5.41) is 0. The zero-order valence-electron chi connectivity index (χ0n) is 14.2. The second-order valence-electron chi connectivity index (χ2n) is 7.40. The van der Waals surface area contributed by atoms with Crippen LogP contribution in [0.3, 0.4) is 0 Å². The number of hydrogen-bond acceptors (Lipinski definition) is 2. The molecule has 4 heteroatoms. The molecular formula is C20H26FN3. The van der Waals surface area contributed by atoms with Crippen molar-refractivity contribution in [3.63, 3.8) is 0 Å². The summed E-state index contributed by atoms with van der Waals surface area (Å²) in [4.78, 5) is 7.06. The molecule has 1 atom stereocenters. The molecule has 24 heavy (non-hydrogen) atoms. The predicted molar refractivity (Wildman–Crippen MR) is 93.2 cm³/mol. The second-order valence-corrected chi connectivity index (χ2v) is 7.40. The first-order valence-electron chi connectivity index (χ1n) is 9.26. The van der Waals surface area contributed by atoms with E-state index >= 15 is 0 Å². The molecule has 0 amide bonds. The summed E-state index contributed by atoms with van der Waals surface area (Å²) < 4.78 is 16.3. The lowest BCUT2D eigenvalue weighted by Gasteiger charge is -2.33. The van der Waals surface area contributed by atoms with Crippen molar-refractivity contribution in [1.82, 2.24) is 14.5 Å². The quantitative estimate of drug-likeness (QED) is 0.820. The van der Waals surface area contributed by atoms with Gasteiger partial charge in [-0.3, -0.25) is 4.90 Å². The third-order valence-electron chi connectivity index (χ3n) is 5.65. The lowest BCUT2D eigenvalue weighted by molar-refractivity contribution is 0.189. The monoisotopic (exact) mass is 327 g/mol. The van der Waals surface area contributed by atoms with Gasteiger partial charge in [0, 0.05) is 43.5 Å². The summed E-state index contributed by atoms with van der Waals surface area (Å²) in [7, 11) is 0. The first-order valence-corrected chi connectivity index (χ1v) is 9.26. The van der Waals surface area contributed by atoms with Gasteiger partial charge in [-0.1, -0.05) is 24.6 Å². The summed E-state index contributed by atoms with van der Waals surface area (Å²) in [6.07, 6.45) is 10.6. The van der Waals surface area contributed by atoms with Crippen LogP contribution in [0.4, 0.5) is 4.39 Å². The standard InChI is InChI=1S/C20H26FN3/c21-19-9-2-1-7-17(19)14-23-11-4-8-18(15-23)20-22-10-12-24(20)13-16-5-3-6-16/h1-2,7,9-10,12,16,18H,3-6,8,11,13-15H2/t18-/m1/s1. The van der Waals surface area contributed by atoms with E-state index in [0.717, 1.165) is 37.5 Å². The van der Waals surface area contributed by atoms with Crippen LogP contribution in [-0.2, 0) is 13.1 Å². The molecule has 1 aromatic heterocycles. The number of aromatic nitrogens is 2. The highest BCUT2D eigenvalue weighted by molar-refractivity contribution is 5.17. The van der Waals surface area contributed by atoms with E-state index in [4.69, 9.17) is 0 Å². The highest BCUT2D eigenvalue weighted by Gasteiger charge is 2.26. The van der Waals surface area contributed by atoms with Crippen LogP contribution >= 0.6 is 0 Å². The van der Waals surface area contributed by atoms with E-state index in [9.17, 15) is 4.39 Å². The normalized spacial score (nSPS) is 22.5. The molecule has 2 aliphatic rings. The van der Waals surface area contributed by atoms with Gasteiger partial charge in [0.2, 0.25) is 0 Å². The van der Waals surface area contributed by atoms with E-state index in [1.807, 2.05) is 18.3 Å². The Morgan fingerprint density at radius 1 is 1.12 bits per heavy atom. The first-order chi connectivity index (χ1) is 11.8. The van der Waals surface area contributed by atoms with Crippen molar-refractivity contribution in [1.29, 1.82) is 0 Å². The van der Waals surface area contributed by atoms with E-state index in [1.54, 1.807) is 12.1 Å². The highest BCUT2D eigenvalue weighted by atomic mass is 19.1. The largest absolute Gasteiger partial charge is 0.334 e. The van der Waals surface area contributed by atoms with Crippen LogP contribution in [0.2, 0.25) is 0 Å². The summed E-state index contributed by atoms with van der Waals surface area (Å²) >= 11 is 0. The van der Waals surface area contributed by atoms with E-state index in [1.165, 1.54) is 31.5 Å². The molecule has 0 N–H and O–H groups in total. The molecule has 1 aromatic carbocycles. The van der Waals surface area contributed by atoms with Gasteiger partial charge in [-0.05, 0) is 44.2 Å². The van der Waals surface area contributed by atoms with Crippen molar-refractivity contribution in [3.8, 4) is 0 Å². The Bertz CT molecular complexity index is 677. The SMILES string of the molecule is Fc1ccccc1CN1CCC[C@@H](c2nccn2CC2CCC2)C1. The molecule has 0 spiro atoms. The molecule has 2 heterocycles. The number of benzene rings is 1. The molecule has 1 saturated carbocycles. The van der Waals surface area contributed by atoms with Crippen LogP contribution in [0, 0.1) is 11.7 Å². The third-order valence-corrected chi connectivity index (χ3v) is 5.65. The molecule has 0 bridgehead atoms. The maximum absolute atomic E-state index is 13.9. The molecule has 3 nitrogen and oxygen atoms in total. The molecule has 0 unspecified atom stereocenters. The fraction of sp³-hybridized carbons (Fsp3) is 0.550. The van der Waals surface area contributed by atoms with Gasteiger partial charge in [0.1, 0.15) is 11.6 Å². The van der Waals surface area contributed by atoms with Crippen molar-refractivity contribution < 1.29 is 4.39 Å². The van der Waals surface area contributed by atoms with Crippen LogP contribution in [0.15, 0.2) is 36.7 Å². The number of piperidine rings is 1. The van der Waals surface area contributed by atoms with E-state index in [-0.39, 0.29) is 5.82 Å². The molecule has 4 rings (SSSR count). The smallest absolute Gasteiger partial charge is 0.127 e. The minimum absolute atomic E-state index is 0.0916. The zero-order chi connectivity index (χ0) is 16.4. The Balaban J connectivity index is 1.43. The predicted octanol–water partition coefficient (Wildman–Crippen LogP) is 4.20. The van der Waals surface area contributed by atoms with E-state index in [2.05, 4.69) is 20.6 Å². The Morgan fingerprint density at radius 3 is 2.79 bits per heavy atom. The number of halogens is 1. The van der Waals surface area contributed by atoms with E-state index in [0.29, 0.717) is 12.5 Å². The average Bonchev–Trinajstić information content (AvgIpc) is 3.02. The van der Waals surface area contributed by atoms with Gasteiger partial charge in [0.15, 0.2) is 0 Å². The first kappa shape index (κ1) is 15.8. The Kier molecular flexibility index (Phi) is 4.65. The topological polar surface area (TPSA) is 21.1 Å². The maximum Gasteiger partial charge on any atom is 0.127 e. The number of hydrogen-bond donors (Lipinski definition) is 0. The van der Waals surface area contributed by atoms with Crippen molar-refractivity contribution in [2.45, 2.75) is 51.1 Å². The third kappa shape index (κ3) is 3.39. The molecule has 1 aliphatic carbocycles. The summed E-state index contributed by atoms with van der Waals surface area (Å²) in [6.45, 7) is 3.86. The molecular weight excluding hydrogens is 301 g/mol. The zero-order valence-corrected chi connectivity index (χ0v) is 14.2. The van der Waals surface area contributed by atoms with Crippen molar-refractivity contribution >= 4 is 0 Å². The molecule has 2 aromatic rings. The minimum Gasteiger partial charge on any atom is -0.334 e. The van der Waals surface area contributed by atoms with Gasteiger partial charge in [-0.25, -0.2) is 9.37 Å². The second kappa shape index (κ2) is 7.06. The van der Waals surface area contributed by atoms with Gasteiger partial charge in [0.25, 0.3) is 0 Å². The lowest BCUT2D eigenvalue weighted by Crippen LogP contribution is -2.35. The van der Waals surface area contributed by atoms with Crippen LogP contribution in [-0.4, -0.2) is 27.5 Å². The van der Waals surface area contributed by atoms with Gasteiger partial charge < -0.3 is 4.57 Å². The number of rotatable bonds is 5. The van der Waals surface area contributed by atoms with Gasteiger partial charge in [0.05, 0.1) is 0 Å². The van der Waals surface area contributed by atoms with Gasteiger partial charge >= 0.3 is 0 Å². The summed E-state index contributed by atoms with van der Waals surface area (Å²) in [5.74, 6) is 2.46. The van der Waals surface area contributed by atoms with Crippen LogP contribution < -0.4 is 0 Å². The summed E-state index contributed by atoms with van der Waals surface area (Å²) in [6, 6.07) is 7.14. The van der Waals surface area contributed by atoms with Crippen molar-refractivity contribution in [2.75, 3.05) is 13.1 Å². The van der Waals surface area contributed by atoms with Crippen LogP contribution in [0.5, 0.6) is 0 Å². The Hall–Kier alpha value is -1.68. The van der Waals surface area contributed by atoms with Crippen molar-refractivity contribution in [3.05, 3.63) is 53.9 Å². The molecule has 2 fully saturated rings. The molecule has 1 saturated heterocycles. The summed E-state index contributed by atoms with van der Waals surface area (Å²) in [5.41, 5.74) is 0.802. The van der Waals surface area contributed by atoms with Crippen LogP contribution in [0.25, 0.3) is 0 Å². The highest BCUT2D eigenvalue weighted by Crippen LogP contribution is 2.31. The number of likely N-dealkylation sites (tertiary alicyclic amines) is 1. The van der Waals surface area contributed by atoms with Gasteiger partial charge in [-0.15, -0.1) is 0 Å². The maximum atomic E-state index is 13.9. The number of nitrogens with zero attached hydrogens (tertiary/aromatic N) is 3. The van der Waals surface area contributed by atoms with Gasteiger partial charge in [-0.2, -0.15) is 0 Å². The molecule has 0 radical (unpaired) electrons. The van der Waals surface area contributed by atoms with Crippen molar-refractivity contribution in [2.24, 2.45) is 5.92 Å². The Labute approximate surface area is 143 Å². The lowest BCUT2D eigenvalue weighted by atomic mass is 9.85. The Morgan fingerprint density at radius 2 is 2.00 bits per heavy atom. The molecule has 1 aliphatic heterocycles. The molecule has 128 valence electrons. The number of imidazole rings is 1. The average molecular weight is 327 g/mol. The van der Waals surface area contributed by atoms with E-state index < -0.39 is 0 Å². The van der Waals surface area contributed by atoms with Crippen LogP contribution in [0.1, 0.15) is 49.4 Å².